The Hall–Kier alpha value is -3.57. The first-order valence-corrected chi connectivity index (χ1v) is 9.28. The molecule has 2 aromatic carbocycles. The minimum atomic E-state index is -0.890. The number of methoxy groups -OCH3 is 2. The van der Waals surface area contributed by atoms with Crippen molar-refractivity contribution < 1.29 is 28.5 Å². The van der Waals surface area contributed by atoms with Crippen molar-refractivity contribution in [3.05, 3.63) is 59.2 Å². The van der Waals surface area contributed by atoms with E-state index < -0.39 is 12.1 Å². The van der Waals surface area contributed by atoms with Gasteiger partial charge in [0.25, 0.3) is 5.91 Å². The van der Waals surface area contributed by atoms with Crippen molar-refractivity contribution >= 4 is 11.9 Å². The monoisotopic (exact) mass is 412 g/mol. The summed E-state index contributed by atoms with van der Waals surface area (Å²) in [5.41, 5.74) is 1.94. The Kier molecular flexibility index (Phi) is 8.66. The fourth-order valence-electron chi connectivity index (χ4n) is 2.68. The van der Waals surface area contributed by atoms with E-state index in [0.717, 1.165) is 5.56 Å². The van der Waals surface area contributed by atoms with E-state index >= 15 is 0 Å². The molecule has 0 spiro atoms. The van der Waals surface area contributed by atoms with Crippen LogP contribution in [-0.4, -0.2) is 39.3 Å². The van der Waals surface area contributed by atoms with E-state index in [1.165, 1.54) is 14.2 Å². The number of carbonyl (C=O) groups is 2. The third-order valence-corrected chi connectivity index (χ3v) is 4.16. The van der Waals surface area contributed by atoms with E-state index in [1.807, 2.05) is 6.07 Å². The Balaban J connectivity index is 2.09. The van der Waals surface area contributed by atoms with E-state index in [2.05, 4.69) is 5.32 Å². The molecule has 8 heteroatoms. The lowest BCUT2D eigenvalue weighted by atomic mass is 10.1. The summed E-state index contributed by atoms with van der Waals surface area (Å²) in [6.07, 6.45) is -0.890. The summed E-state index contributed by atoms with van der Waals surface area (Å²) >= 11 is 0. The molecule has 0 saturated heterocycles. The number of benzene rings is 2. The molecule has 0 fully saturated rings. The Bertz CT molecular complexity index is 905. The molecule has 1 amide bonds. The second kappa shape index (κ2) is 11.4. The largest absolute Gasteiger partial charge is 0.493 e. The Morgan fingerprint density at radius 1 is 1.10 bits per heavy atom. The van der Waals surface area contributed by atoms with Crippen LogP contribution in [0.5, 0.6) is 11.5 Å². The highest BCUT2D eigenvalue weighted by Gasteiger charge is 2.22. The summed E-state index contributed by atoms with van der Waals surface area (Å²) in [4.78, 5) is 24.2. The molecule has 1 atom stereocenters. The van der Waals surface area contributed by atoms with Crippen molar-refractivity contribution in [3.8, 4) is 17.6 Å². The second-order valence-electron chi connectivity index (χ2n) is 6.15. The molecule has 0 radical (unpaired) electrons. The van der Waals surface area contributed by atoms with Crippen LogP contribution in [0.4, 0.5) is 0 Å². The normalized spacial score (nSPS) is 11.1. The van der Waals surface area contributed by atoms with Gasteiger partial charge in [0.2, 0.25) is 0 Å². The molecule has 1 N–H and O–H groups in total. The molecule has 1 unspecified atom stereocenters. The smallest absolute Gasteiger partial charge is 0.344 e. The summed E-state index contributed by atoms with van der Waals surface area (Å²) in [6.45, 7) is 1.96. The standard InChI is InChI=1S/C22H24N2O6/c1-4-29-20(25)14-30-19-11-17(9-10-18(19)27-2)21(28-3)22(26)24-13-16-7-5-15(12-23)6-8-16/h5-11,21H,4,13-14H2,1-3H3,(H,24,26). The fraction of sp³-hybridized carbons (Fsp3) is 0.318. The number of hydrogen-bond acceptors (Lipinski definition) is 7. The maximum absolute atomic E-state index is 12.7. The zero-order chi connectivity index (χ0) is 21.9. The number of hydrogen-bond donors (Lipinski definition) is 1. The number of rotatable bonds is 10. The minimum absolute atomic E-state index is 0.254. The average Bonchev–Trinajstić information content (AvgIpc) is 2.77. The van der Waals surface area contributed by atoms with Gasteiger partial charge in [-0.15, -0.1) is 0 Å². The van der Waals surface area contributed by atoms with Gasteiger partial charge in [-0.1, -0.05) is 18.2 Å². The molecule has 0 saturated carbocycles. The third-order valence-electron chi connectivity index (χ3n) is 4.16. The van der Waals surface area contributed by atoms with E-state index in [0.29, 0.717) is 22.6 Å². The van der Waals surface area contributed by atoms with Crippen molar-refractivity contribution in [3.63, 3.8) is 0 Å². The number of nitrogens with zero attached hydrogens (tertiary/aromatic N) is 1. The van der Waals surface area contributed by atoms with Crippen LogP contribution in [0.2, 0.25) is 0 Å². The third kappa shape index (κ3) is 6.22. The predicted molar refractivity (Wildman–Crippen MR) is 108 cm³/mol. The van der Waals surface area contributed by atoms with Crippen molar-refractivity contribution in [2.75, 3.05) is 27.4 Å². The summed E-state index contributed by atoms with van der Waals surface area (Å²) < 4.78 is 21.0. The first-order valence-electron chi connectivity index (χ1n) is 9.28. The van der Waals surface area contributed by atoms with Crippen LogP contribution in [0.3, 0.4) is 0 Å². The van der Waals surface area contributed by atoms with Gasteiger partial charge in [0.1, 0.15) is 0 Å². The van der Waals surface area contributed by atoms with Crippen LogP contribution in [0.25, 0.3) is 0 Å². The number of amides is 1. The topological polar surface area (TPSA) is 107 Å². The van der Waals surface area contributed by atoms with E-state index in [1.54, 1.807) is 49.4 Å². The molecule has 8 nitrogen and oxygen atoms in total. The van der Waals surface area contributed by atoms with Crippen LogP contribution in [0, 0.1) is 11.3 Å². The zero-order valence-electron chi connectivity index (χ0n) is 17.1. The van der Waals surface area contributed by atoms with Crippen LogP contribution in [-0.2, 0) is 25.6 Å². The number of esters is 1. The average molecular weight is 412 g/mol. The maximum Gasteiger partial charge on any atom is 0.344 e. The highest BCUT2D eigenvalue weighted by molar-refractivity contribution is 5.82. The van der Waals surface area contributed by atoms with Crippen molar-refractivity contribution in [1.29, 1.82) is 5.26 Å². The molecule has 0 aliphatic rings. The van der Waals surface area contributed by atoms with Gasteiger partial charge in [0.15, 0.2) is 24.2 Å². The Labute approximate surface area is 175 Å². The van der Waals surface area contributed by atoms with Gasteiger partial charge >= 0.3 is 5.97 Å². The molecule has 2 rings (SSSR count). The van der Waals surface area contributed by atoms with Crippen LogP contribution in [0.1, 0.15) is 29.7 Å². The molecule has 30 heavy (non-hydrogen) atoms. The number of carbonyl (C=O) groups excluding carboxylic acids is 2. The van der Waals surface area contributed by atoms with Crippen LogP contribution < -0.4 is 14.8 Å². The summed E-state index contributed by atoms with van der Waals surface area (Å²) in [7, 11) is 2.90. The molecular formula is C22H24N2O6. The van der Waals surface area contributed by atoms with Crippen molar-refractivity contribution in [2.45, 2.75) is 19.6 Å². The molecule has 0 bridgehead atoms. The maximum atomic E-state index is 12.7. The summed E-state index contributed by atoms with van der Waals surface area (Å²) in [5, 5.41) is 11.7. The van der Waals surface area contributed by atoms with Gasteiger partial charge in [-0.25, -0.2) is 4.79 Å². The molecule has 0 aliphatic heterocycles. The van der Waals surface area contributed by atoms with Crippen LogP contribution >= 0.6 is 0 Å². The number of nitriles is 1. The lowest BCUT2D eigenvalue weighted by Crippen LogP contribution is -2.30. The van der Waals surface area contributed by atoms with Gasteiger partial charge in [-0.05, 0) is 42.3 Å². The van der Waals surface area contributed by atoms with Gasteiger partial charge in [-0.2, -0.15) is 5.26 Å². The Morgan fingerprint density at radius 3 is 2.43 bits per heavy atom. The van der Waals surface area contributed by atoms with E-state index in [-0.39, 0.29) is 25.7 Å². The van der Waals surface area contributed by atoms with Gasteiger partial charge in [0.05, 0.1) is 25.3 Å². The Morgan fingerprint density at radius 2 is 1.83 bits per heavy atom. The second-order valence-corrected chi connectivity index (χ2v) is 6.15. The highest BCUT2D eigenvalue weighted by Crippen LogP contribution is 2.31. The first kappa shape index (κ1) is 22.7. The van der Waals surface area contributed by atoms with E-state index in [9.17, 15) is 9.59 Å². The highest BCUT2D eigenvalue weighted by atomic mass is 16.6. The predicted octanol–water partition coefficient (Wildman–Crippen LogP) is 2.51. The molecule has 158 valence electrons. The zero-order valence-corrected chi connectivity index (χ0v) is 17.1. The molecule has 0 heterocycles. The first-order chi connectivity index (χ1) is 14.5. The van der Waals surface area contributed by atoms with Gasteiger partial charge in [0, 0.05) is 13.7 Å². The fourth-order valence-corrected chi connectivity index (χ4v) is 2.68. The van der Waals surface area contributed by atoms with Crippen molar-refractivity contribution in [2.24, 2.45) is 0 Å². The molecule has 2 aromatic rings. The van der Waals surface area contributed by atoms with Crippen molar-refractivity contribution in [1.82, 2.24) is 5.32 Å². The lowest BCUT2D eigenvalue weighted by Gasteiger charge is -2.18. The molecular weight excluding hydrogens is 388 g/mol. The SMILES string of the molecule is CCOC(=O)COc1cc(C(OC)C(=O)NCc2ccc(C#N)cc2)ccc1OC. The lowest BCUT2D eigenvalue weighted by molar-refractivity contribution is -0.145. The minimum Gasteiger partial charge on any atom is -0.493 e. The number of nitrogens with one attached hydrogen (secondary N) is 1. The summed E-state index contributed by atoms with van der Waals surface area (Å²) in [5.74, 6) is -0.141. The quantitative estimate of drug-likeness (QED) is 0.598. The van der Waals surface area contributed by atoms with E-state index in [4.69, 9.17) is 24.2 Å². The summed E-state index contributed by atoms with van der Waals surface area (Å²) in [6, 6.07) is 13.9. The van der Waals surface area contributed by atoms with Gasteiger partial charge in [-0.3, -0.25) is 4.79 Å². The molecule has 0 aliphatic carbocycles. The van der Waals surface area contributed by atoms with Crippen LogP contribution in [0.15, 0.2) is 42.5 Å². The molecule has 0 aromatic heterocycles. The number of ether oxygens (including phenoxy) is 4. The van der Waals surface area contributed by atoms with Gasteiger partial charge < -0.3 is 24.3 Å².